The molecule has 0 aromatic carbocycles. The molecule has 0 amide bonds. The van der Waals surface area contributed by atoms with Crippen LogP contribution in [0.5, 0.6) is 0 Å². The fraction of sp³-hybridized carbons (Fsp3) is 0.273. The molecular weight excluding hydrogens is 256 g/mol. The number of aromatic nitrogens is 2. The molecule has 0 saturated heterocycles. The molecule has 0 spiro atoms. The van der Waals surface area contributed by atoms with E-state index in [0.717, 1.165) is 0 Å². The van der Waals surface area contributed by atoms with Crippen molar-refractivity contribution in [1.82, 2.24) is 9.97 Å². The second-order valence-corrected chi connectivity index (χ2v) is 3.54. The van der Waals surface area contributed by atoms with Crippen LogP contribution < -0.4 is 5.32 Å². The second kappa shape index (κ2) is 6.57. The normalized spacial score (nSPS) is 10.7. The Morgan fingerprint density at radius 3 is 2.94 bits per heavy atom. The highest BCUT2D eigenvalue weighted by atomic mass is 35.5. The lowest BCUT2D eigenvalue weighted by atomic mass is 10.3. The standard InChI is InChI=1S/C11H11ClN4O2/c1-3-18-11(17)8(5-13)6-14-10-4-9(12)15-7(2)16-10/h4,6H,3H2,1-2H3,(H,14,15,16)/b8-6+. The van der Waals surface area contributed by atoms with Crippen LogP contribution in [-0.2, 0) is 9.53 Å². The molecule has 0 unspecified atom stereocenters. The van der Waals surface area contributed by atoms with Crippen LogP contribution in [0, 0.1) is 18.3 Å². The van der Waals surface area contributed by atoms with Gasteiger partial charge in [0.05, 0.1) is 6.61 Å². The molecule has 0 fully saturated rings. The van der Waals surface area contributed by atoms with Gasteiger partial charge in [-0.25, -0.2) is 14.8 Å². The van der Waals surface area contributed by atoms with Gasteiger partial charge in [-0.05, 0) is 13.8 Å². The first kappa shape index (κ1) is 13.9. The third-order valence-corrected chi connectivity index (χ3v) is 1.98. The smallest absolute Gasteiger partial charge is 0.350 e. The number of anilines is 1. The summed E-state index contributed by atoms with van der Waals surface area (Å²) in [6, 6.07) is 3.21. The number of ether oxygens (including phenoxy) is 1. The van der Waals surface area contributed by atoms with Gasteiger partial charge in [-0.3, -0.25) is 0 Å². The second-order valence-electron chi connectivity index (χ2n) is 3.16. The van der Waals surface area contributed by atoms with Gasteiger partial charge in [-0.1, -0.05) is 11.6 Å². The van der Waals surface area contributed by atoms with Crippen LogP contribution >= 0.6 is 11.6 Å². The molecule has 0 radical (unpaired) electrons. The van der Waals surface area contributed by atoms with E-state index >= 15 is 0 Å². The summed E-state index contributed by atoms with van der Waals surface area (Å²) in [5.74, 6) is 0.182. The summed E-state index contributed by atoms with van der Waals surface area (Å²) >= 11 is 5.74. The van der Waals surface area contributed by atoms with Crippen molar-refractivity contribution < 1.29 is 9.53 Å². The van der Waals surface area contributed by atoms with Crippen LogP contribution in [0.2, 0.25) is 5.15 Å². The van der Waals surface area contributed by atoms with E-state index in [2.05, 4.69) is 15.3 Å². The van der Waals surface area contributed by atoms with E-state index in [-0.39, 0.29) is 17.3 Å². The van der Waals surface area contributed by atoms with Gasteiger partial charge in [0.1, 0.15) is 22.9 Å². The van der Waals surface area contributed by atoms with E-state index in [1.54, 1.807) is 19.9 Å². The fourth-order valence-electron chi connectivity index (χ4n) is 1.10. The minimum Gasteiger partial charge on any atom is -0.462 e. The van der Waals surface area contributed by atoms with E-state index in [4.69, 9.17) is 21.6 Å². The van der Waals surface area contributed by atoms with Gasteiger partial charge in [-0.2, -0.15) is 5.26 Å². The predicted molar refractivity (Wildman–Crippen MR) is 65.7 cm³/mol. The Morgan fingerprint density at radius 2 is 2.39 bits per heavy atom. The van der Waals surface area contributed by atoms with E-state index in [0.29, 0.717) is 11.6 Å². The minimum atomic E-state index is -0.690. The zero-order chi connectivity index (χ0) is 13.5. The summed E-state index contributed by atoms with van der Waals surface area (Å²) in [4.78, 5) is 19.2. The Bertz CT molecular complexity index is 502. The molecule has 1 aromatic rings. The van der Waals surface area contributed by atoms with Crippen molar-refractivity contribution in [3.05, 3.63) is 28.8 Å². The lowest BCUT2D eigenvalue weighted by Gasteiger charge is -2.03. The molecule has 0 aliphatic heterocycles. The number of esters is 1. The van der Waals surface area contributed by atoms with Gasteiger partial charge in [0.15, 0.2) is 5.57 Å². The summed E-state index contributed by atoms with van der Waals surface area (Å²) in [6.07, 6.45) is 1.22. The van der Waals surface area contributed by atoms with Gasteiger partial charge in [0.2, 0.25) is 0 Å². The third-order valence-electron chi connectivity index (χ3n) is 1.79. The number of hydrogen-bond donors (Lipinski definition) is 1. The Hall–Kier alpha value is -2.13. The average molecular weight is 267 g/mol. The Labute approximate surface area is 109 Å². The number of aryl methyl sites for hydroxylation is 1. The van der Waals surface area contributed by atoms with Crippen molar-refractivity contribution in [1.29, 1.82) is 5.26 Å². The Morgan fingerprint density at radius 1 is 1.67 bits per heavy atom. The first-order valence-corrected chi connectivity index (χ1v) is 5.49. The molecule has 18 heavy (non-hydrogen) atoms. The number of halogens is 1. The van der Waals surface area contributed by atoms with Crippen LogP contribution in [0.15, 0.2) is 17.8 Å². The molecule has 94 valence electrons. The topological polar surface area (TPSA) is 87.9 Å². The van der Waals surface area contributed by atoms with Gasteiger partial charge < -0.3 is 10.1 Å². The molecule has 6 nitrogen and oxygen atoms in total. The minimum absolute atomic E-state index is 0.149. The number of carbonyl (C=O) groups is 1. The van der Waals surface area contributed by atoms with Crippen LogP contribution in [-0.4, -0.2) is 22.5 Å². The first-order valence-electron chi connectivity index (χ1n) is 5.12. The highest BCUT2D eigenvalue weighted by Gasteiger charge is 2.09. The highest BCUT2D eigenvalue weighted by Crippen LogP contribution is 2.11. The van der Waals surface area contributed by atoms with Crippen LogP contribution in [0.25, 0.3) is 0 Å². The molecule has 7 heteroatoms. The summed E-state index contributed by atoms with van der Waals surface area (Å²) in [7, 11) is 0. The van der Waals surface area contributed by atoms with Crippen molar-refractivity contribution in [3.63, 3.8) is 0 Å². The number of carbonyl (C=O) groups excluding carboxylic acids is 1. The maximum Gasteiger partial charge on any atom is 0.350 e. The quantitative estimate of drug-likeness (QED) is 0.387. The third kappa shape index (κ3) is 4.03. The predicted octanol–water partition coefficient (Wildman–Crippen LogP) is 1.82. The molecule has 1 N–H and O–H groups in total. The molecule has 1 heterocycles. The number of hydrogen-bond acceptors (Lipinski definition) is 6. The lowest BCUT2D eigenvalue weighted by molar-refractivity contribution is -0.138. The zero-order valence-electron chi connectivity index (χ0n) is 9.90. The molecule has 0 saturated carbocycles. The van der Waals surface area contributed by atoms with Gasteiger partial charge in [0, 0.05) is 12.3 Å². The molecule has 0 aliphatic carbocycles. The molecule has 0 atom stereocenters. The largest absolute Gasteiger partial charge is 0.462 e. The van der Waals surface area contributed by atoms with E-state index in [9.17, 15) is 4.79 Å². The maximum absolute atomic E-state index is 11.3. The van der Waals surface area contributed by atoms with Crippen molar-refractivity contribution in [3.8, 4) is 6.07 Å². The summed E-state index contributed by atoms with van der Waals surface area (Å²) in [6.45, 7) is 3.54. The van der Waals surface area contributed by atoms with E-state index in [1.165, 1.54) is 12.3 Å². The fourth-order valence-corrected chi connectivity index (χ4v) is 1.32. The Balaban J connectivity index is 2.83. The monoisotopic (exact) mass is 266 g/mol. The van der Waals surface area contributed by atoms with Crippen LogP contribution in [0.1, 0.15) is 12.7 Å². The van der Waals surface area contributed by atoms with Gasteiger partial charge in [0.25, 0.3) is 0 Å². The average Bonchev–Trinajstić information content (AvgIpc) is 2.29. The zero-order valence-corrected chi connectivity index (χ0v) is 10.7. The molecule has 1 aromatic heterocycles. The Kier molecular flexibility index (Phi) is 5.08. The SMILES string of the molecule is CCOC(=O)/C(C#N)=C/Nc1cc(Cl)nc(C)n1. The van der Waals surface area contributed by atoms with Crippen molar-refractivity contribution in [2.45, 2.75) is 13.8 Å². The van der Waals surface area contributed by atoms with Crippen LogP contribution in [0.4, 0.5) is 5.82 Å². The summed E-state index contributed by atoms with van der Waals surface area (Å²) < 4.78 is 4.70. The van der Waals surface area contributed by atoms with E-state index in [1.807, 2.05) is 0 Å². The highest BCUT2D eigenvalue weighted by molar-refractivity contribution is 6.29. The summed E-state index contributed by atoms with van der Waals surface area (Å²) in [5, 5.41) is 11.8. The number of nitrogens with one attached hydrogen (secondary N) is 1. The van der Waals surface area contributed by atoms with Gasteiger partial charge in [-0.15, -0.1) is 0 Å². The van der Waals surface area contributed by atoms with Crippen molar-refractivity contribution >= 4 is 23.4 Å². The van der Waals surface area contributed by atoms with Crippen molar-refractivity contribution in [2.24, 2.45) is 0 Å². The van der Waals surface area contributed by atoms with E-state index < -0.39 is 5.97 Å². The number of rotatable bonds is 4. The molecule has 0 bridgehead atoms. The molecular formula is C11H11ClN4O2. The summed E-state index contributed by atoms with van der Waals surface area (Å²) in [5.41, 5.74) is -0.149. The maximum atomic E-state index is 11.3. The lowest BCUT2D eigenvalue weighted by Crippen LogP contribution is -2.08. The molecule has 1 rings (SSSR count). The first-order chi connectivity index (χ1) is 8.56. The van der Waals surface area contributed by atoms with Crippen molar-refractivity contribution in [2.75, 3.05) is 11.9 Å². The molecule has 0 aliphatic rings. The van der Waals surface area contributed by atoms with Crippen LogP contribution in [0.3, 0.4) is 0 Å². The number of nitriles is 1. The number of nitrogens with zero attached hydrogens (tertiary/aromatic N) is 3. The van der Waals surface area contributed by atoms with Gasteiger partial charge >= 0.3 is 5.97 Å².